The van der Waals surface area contributed by atoms with E-state index in [9.17, 15) is 14.7 Å². The number of rotatable bonds is 13. The standard InChI is InChI=1S/C31H31NO7S/c33-17-19-36-25-13-6-10-23(20-25)30(28(16-18-37-29(34)21-40)38-24-11-2-1-3-12-24)39-31(35)32-27-15-7-9-22-8-4-5-14-26(22)27/h1-15,20,28,30,33,40H,16-19,21H2,(H,32,35)/t28-,30-/m1/s1. The third-order valence-electron chi connectivity index (χ3n) is 5.97. The fourth-order valence-electron chi connectivity index (χ4n) is 4.17. The van der Waals surface area contributed by atoms with Crippen molar-refractivity contribution in [3.8, 4) is 11.5 Å². The van der Waals surface area contributed by atoms with E-state index in [2.05, 4.69) is 17.9 Å². The number of ether oxygens (including phenoxy) is 4. The third-order valence-corrected chi connectivity index (χ3v) is 6.23. The molecule has 0 radical (unpaired) electrons. The molecule has 0 spiro atoms. The minimum absolute atomic E-state index is 0.0302. The van der Waals surface area contributed by atoms with Crippen LogP contribution >= 0.6 is 12.6 Å². The Morgan fingerprint density at radius 1 is 0.850 bits per heavy atom. The number of hydrogen-bond acceptors (Lipinski definition) is 8. The Morgan fingerprint density at radius 2 is 1.57 bits per heavy atom. The van der Waals surface area contributed by atoms with Crippen LogP contribution in [-0.2, 0) is 14.3 Å². The number of esters is 1. The number of aliphatic hydroxyl groups is 1. The van der Waals surface area contributed by atoms with E-state index in [0.717, 1.165) is 10.8 Å². The molecule has 2 N–H and O–H groups in total. The van der Waals surface area contributed by atoms with Crippen LogP contribution < -0.4 is 14.8 Å². The lowest BCUT2D eigenvalue weighted by Crippen LogP contribution is -2.32. The van der Waals surface area contributed by atoms with Gasteiger partial charge in [0.1, 0.15) is 24.2 Å². The van der Waals surface area contributed by atoms with Gasteiger partial charge in [-0.3, -0.25) is 10.1 Å². The quantitative estimate of drug-likeness (QED) is 0.140. The maximum Gasteiger partial charge on any atom is 0.412 e. The Kier molecular flexibility index (Phi) is 10.7. The molecule has 0 aromatic heterocycles. The number of fused-ring (bicyclic) bond motifs is 1. The van der Waals surface area contributed by atoms with Crippen molar-refractivity contribution in [1.29, 1.82) is 0 Å². The molecule has 4 aromatic rings. The topological polar surface area (TPSA) is 103 Å². The molecule has 0 bridgehead atoms. The lowest BCUT2D eigenvalue weighted by Gasteiger charge is -2.28. The maximum absolute atomic E-state index is 13.3. The summed E-state index contributed by atoms with van der Waals surface area (Å²) in [5.41, 5.74) is 1.20. The minimum Gasteiger partial charge on any atom is -0.491 e. The normalized spacial score (nSPS) is 12.2. The van der Waals surface area contributed by atoms with Gasteiger partial charge in [-0.25, -0.2) is 4.79 Å². The second-order valence-electron chi connectivity index (χ2n) is 8.76. The number of carbonyl (C=O) groups excluding carboxylic acids is 2. The van der Waals surface area contributed by atoms with Crippen LogP contribution in [0.2, 0.25) is 0 Å². The zero-order valence-electron chi connectivity index (χ0n) is 21.8. The van der Waals surface area contributed by atoms with Crippen molar-refractivity contribution in [3.05, 3.63) is 103 Å². The van der Waals surface area contributed by atoms with Crippen LogP contribution in [0.15, 0.2) is 97.1 Å². The lowest BCUT2D eigenvalue weighted by atomic mass is 10.0. The van der Waals surface area contributed by atoms with Crippen LogP contribution in [-0.4, -0.2) is 48.8 Å². The van der Waals surface area contributed by atoms with Crippen molar-refractivity contribution in [2.75, 3.05) is 30.9 Å². The van der Waals surface area contributed by atoms with Crippen molar-refractivity contribution >= 4 is 41.2 Å². The summed E-state index contributed by atoms with van der Waals surface area (Å²) in [6, 6.07) is 29.5. The predicted molar refractivity (Wildman–Crippen MR) is 156 cm³/mol. The first-order valence-corrected chi connectivity index (χ1v) is 13.5. The van der Waals surface area contributed by atoms with Crippen LogP contribution in [0.4, 0.5) is 10.5 Å². The average Bonchev–Trinajstić information content (AvgIpc) is 2.99. The molecule has 4 rings (SSSR count). The number of nitrogens with one attached hydrogen (secondary N) is 1. The molecular weight excluding hydrogens is 530 g/mol. The van der Waals surface area contributed by atoms with Crippen molar-refractivity contribution in [3.63, 3.8) is 0 Å². The summed E-state index contributed by atoms with van der Waals surface area (Å²) in [7, 11) is 0. The summed E-state index contributed by atoms with van der Waals surface area (Å²) in [5, 5.41) is 13.9. The smallest absolute Gasteiger partial charge is 0.412 e. The Bertz CT molecular complexity index is 1390. The highest BCUT2D eigenvalue weighted by Gasteiger charge is 2.30. The van der Waals surface area contributed by atoms with Gasteiger partial charge in [0.15, 0.2) is 6.10 Å². The van der Waals surface area contributed by atoms with Gasteiger partial charge in [0.2, 0.25) is 0 Å². The fraction of sp³-hybridized carbons (Fsp3) is 0.226. The minimum atomic E-state index is -0.914. The van der Waals surface area contributed by atoms with Crippen molar-refractivity contribution in [1.82, 2.24) is 0 Å². The van der Waals surface area contributed by atoms with E-state index in [1.807, 2.05) is 54.6 Å². The van der Waals surface area contributed by atoms with Gasteiger partial charge in [-0.1, -0.05) is 66.7 Å². The second kappa shape index (κ2) is 14.8. The van der Waals surface area contributed by atoms with Gasteiger partial charge >= 0.3 is 12.1 Å². The number of aliphatic hydroxyl groups excluding tert-OH is 1. The van der Waals surface area contributed by atoms with Gasteiger partial charge in [0.25, 0.3) is 0 Å². The van der Waals surface area contributed by atoms with Crippen LogP contribution in [0, 0.1) is 0 Å². The molecule has 1 amide bonds. The molecule has 8 nitrogen and oxygen atoms in total. The van der Waals surface area contributed by atoms with Crippen molar-refractivity contribution in [2.24, 2.45) is 0 Å². The Labute approximate surface area is 238 Å². The first-order valence-electron chi connectivity index (χ1n) is 12.8. The molecule has 208 valence electrons. The number of amides is 1. The number of para-hydroxylation sites is 1. The Hall–Kier alpha value is -4.21. The summed E-state index contributed by atoms with van der Waals surface area (Å²) < 4.78 is 23.2. The largest absolute Gasteiger partial charge is 0.491 e. The molecule has 9 heteroatoms. The van der Waals surface area contributed by atoms with Crippen LogP contribution in [0.1, 0.15) is 18.1 Å². The van der Waals surface area contributed by atoms with Gasteiger partial charge in [-0.2, -0.15) is 12.6 Å². The van der Waals surface area contributed by atoms with E-state index in [-0.39, 0.29) is 32.0 Å². The van der Waals surface area contributed by atoms with E-state index in [1.165, 1.54) is 0 Å². The fourth-order valence-corrected chi connectivity index (χ4v) is 4.26. The van der Waals surface area contributed by atoms with Crippen molar-refractivity contribution < 1.29 is 33.6 Å². The van der Waals surface area contributed by atoms with E-state index in [1.54, 1.807) is 42.5 Å². The molecule has 0 aliphatic rings. The summed E-state index contributed by atoms with van der Waals surface area (Å²) in [5.74, 6) is 0.535. The van der Waals surface area contributed by atoms with Crippen LogP contribution in [0.25, 0.3) is 10.8 Å². The van der Waals surface area contributed by atoms with Crippen LogP contribution in [0.3, 0.4) is 0 Å². The molecule has 0 heterocycles. The maximum atomic E-state index is 13.3. The average molecular weight is 562 g/mol. The van der Waals surface area contributed by atoms with Gasteiger partial charge in [0.05, 0.1) is 24.7 Å². The van der Waals surface area contributed by atoms with Crippen molar-refractivity contribution in [2.45, 2.75) is 18.6 Å². The zero-order valence-corrected chi connectivity index (χ0v) is 22.7. The highest BCUT2D eigenvalue weighted by atomic mass is 32.1. The number of thiol groups is 1. The highest BCUT2D eigenvalue weighted by Crippen LogP contribution is 2.31. The van der Waals surface area contributed by atoms with Gasteiger partial charge < -0.3 is 24.1 Å². The number of hydrogen-bond donors (Lipinski definition) is 3. The monoisotopic (exact) mass is 561 g/mol. The molecule has 4 aromatic carbocycles. The molecular formula is C31H31NO7S. The number of anilines is 1. The van der Waals surface area contributed by atoms with E-state index >= 15 is 0 Å². The first kappa shape index (κ1) is 28.8. The summed E-state index contributed by atoms with van der Waals surface area (Å²) >= 11 is 3.96. The van der Waals surface area contributed by atoms with Crippen LogP contribution in [0.5, 0.6) is 11.5 Å². The molecule has 0 unspecified atom stereocenters. The molecule has 0 aliphatic heterocycles. The molecule has 0 aliphatic carbocycles. The molecule has 2 atom stereocenters. The van der Waals surface area contributed by atoms with E-state index in [0.29, 0.717) is 22.7 Å². The number of carbonyl (C=O) groups is 2. The van der Waals surface area contributed by atoms with Gasteiger partial charge in [0, 0.05) is 11.8 Å². The highest BCUT2D eigenvalue weighted by molar-refractivity contribution is 7.81. The number of benzene rings is 4. The van der Waals surface area contributed by atoms with E-state index < -0.39 is 24.3 Å². The molecule has 0 saturated heterocycles. The Morgan fingerprint density at radius 3 is 2.38 bits per heavy atom. The molecule has 40 heavy (non-hydrogen) atoms. The Balaban J connectivity index is 1.64. The predicted octanol–water partition coefficient (Wildman–Crippen LogP) is 5.81. The molecule has 0 saturated carbocycles. The summed E-state index contributed by atoms with van der Waals surface area (Å²) in [4.78, 5) is 25.1. The SMILES string of the molecule is O=C(CS)OCC[C@@H](Oc1ccccc1)[C@H](OC(=O)Nc1cccc2ccccc12)c1cccc(OCCO)c1. The first-order chi connectivity index (χ1) is 19.6. The third kappa shape index (κ3) is 8.14. The summed E-state index contributed by atoms with van der Waals surface area (Å²) in [6.45, 7) is -0.00356. The molecule has 0 fully saturated rings. The second-order valence-corrected chi connectivity index (χ2v) is 9.08. The van der Waals surface area contributed by atoms with E-state index in [4.69, 9.17) is 18.9 Å². The summed E-state index contributed by atoms with van der Waals surface area (Å²) in [6.07, 6.45) is -2.11. The van der Waals surface area contributed by atoms with Gasteiger partial charge in [-0.15, -0.1) is 0 Å². The zero-order chi connectivity index (χ0) is 28.2. The van der Waals surface area contributed by atoms with Gasteiger partial charge in [-0.05, 0) is 41.3 Å². The lowest BCUT2D eigenvalue weighted by molar-refractivity contribution is -0.141.